The van der Waals surface area contributed by atoms with Crippen molar-refractivity contribution in [1.82, 2.24) is 9.55 Å². The fourth-order valence-corrected chi connectivity index (χ4v) is 7.98. The molecule has 0 aromatic carbocycles. The Labute approximate surface area is 189 Å². The molecule has 1 aromatic rings. The molecule has 2 fully saturated rings. The van der Waals surface area contributed by atoms with Gasteiger partial charge in [-0.3, -0.25) is 23.7 Å². The van der Waals surface area contributed by atoms with Gasteiger partial charge in [-0.2, -0.15) is 12.9 Å². The Morgan fingerprint density at radius 1 is 1.15 bits per heavy atom. The average molecular weight is 552 g/mol. The monoisotopic (exact) mass is 552 g/mol. The summed E-state index contributed by atoms with van der Waals surface area (Å²) in [6.45, 7) is -0.915. The Hall–Kier alpha value is -1.52. The second kappa shape index (κ2) is 9.85. The van der Waals surface area contributed by atoms with Crippen LogP contribution in [-0.4, -0.2) is 69.6 Å². The molecular formula is C13H19N2O16P3. The third-order valence-corrected chi connectivity index (χ3v) is 9.84. The van der Waals surface area contributed by atoms with E-state index in [1.165, 1.54) is 0 Å². The van der Waals surface area contributed by atoms with Crippen LogP contribution in [0.2, 0.25) is 0 Å². The molecular weight excluding hydrogens is 533 g/mol. The van der Waals surface area contributed by atoms with E-state index >= 15 is 0 Å². The van der Waals surface area contributed by atoms with Crippen LogP contribution in [0.25, 0.3) is 0 Å². The van der Waals surface area contributed by atoms with Crippen LogP contribution in [0.3, 0.4) is 0 Å². The summed E-state index contributed by atoms with van der Waals surface area (Å²) in [5.74, 6) is -0.777. The number of aromatic amines is 1. The van der Waals surface area contributed by atoms with Crippen LogP contribution in [0.15, 0.2) is 15.8 Å². The maximum absolute atomic E-state index is 12.4. The van der Waals surface area contributed by atoms with Gasteiger partial charge in [0.15, 0.2) is 6.23 Å². The third-order valence-electron chi connectivity index (χ3n) is 4.47. The first-order valence-corrected chi connectivity index (χ1v) is 13.5. The van der Waals surface area contributed by atoms with Crippen LogP contribution in [0.5, 0.6) is 0 Å². The quantitative estimate of drug-likeness (QED) is 0.232. The number of hydrogen-bond donors (Lipinski definition) is 4. The first-order chi connectivity index (χ1) is 15.7. The van der Waals surface area contributed by atoms with Crippen molar-refractivity contribution in [2.24, 2.45) is 0 Å². The number of ether oxygens (including phenoxy) is 3. The summed E-state index contributed by atoms with van der Waals surface area (Å²) in [5.41, 5.74) is -2.04. The molecule has 21 heteroatoms. The number of esters is 1. The number of carbonyl (C=O) groups is 1. The minimum absolute atomic E-state index is 0.176. The summed E-state index contributed by atoms with van der Waals surface area (Å²) in [6.07, 6.45) is -5.26. The van der Waals surface area contributed by atoms with Crippen LogP contribution in [0.4, 0.5) is 0 Å². The number of phosphoric acid groups is 3. The number of carbonyl (C=O) groups excluding carboxylic acids is 1. The highest BCUT2D eigenvalue weighted by Crippen LogP contribution is 2.80. The number of nitrogens with zero attached hydrogens (tertiary/aromatic N) is 1. The standard InChI is InChI=1S/C13H19N2O16P3/c1-25-8(16)3-6-4-15(13(19)14-11(6)18)12-10(26-2)9(17)7(28-12)5-27-34(24)30-32(20,21)29-33(22,23)31-34/h4,7,9-10,12,17H,3,5H2,1-2H3,(H,20,21)(H,22,23)(H,14,18,19). The SMILES string of the molecule is COC(=O)Cc1cn(C2OC(COP3(=O)OP(=O)(O)OP(=O)(O)O3)C(O)C2OC)c(=O)[nH]c1=O. The number of aromatic nitrogens is 2. The number of hydrogen-bond acceptors (Lipinski definition) is 14. The Morgan fingerprint density at radius 2 is 1.76 bits per heavy atom. The highest BCUT2D eigenvalue weighted by atomic mass is 31.3. The lowest BCUT2D eigenvalue weighted by atomic mass is 10.1. The van der Waals surface area contributed by atoms with E-state index in [4.69, 9.17) is 14.0 Å². The Kier molecular flexibility index (Phi) is 7.85. The number of nitrogens with one attached hydrogen (secondary N) is 1. The first kappa shape index (κ1) is 27.1. The molecule has 3 heterocycles. The van der Waals surface area contributed by atoms with Crippen LogP contribution < -0.4 is 11.2 Å². The summed E-state index contributed by atoms with van der Waals surface area (Å²) in [5, 5.41) is 10.5. The van der Waals surface area contributed by atoms with E-state index in [2.05, 4.69) is 17.7 Å². The first-order valence-electron chi connectivity index (χ1n) is 9.01. The van der Waals surface area contributed by atoms with Crippen molar-refractivity contribution >= 4 is 29.4 Å². The number of rotatable bonds is 7. The van der Waals surface area contributed by atoms with Gasteiger partial charge in [0.1, 0.15) is 18.3 Å². The maximum Gasteiger partial charge on any atom is 0.492 e. The molecule has 2 saturated heterocycles. The minimum atomic E-state index is -5.29. The van der Waals surface area contributed by atoms with Crippen molar-refractivity contribution in [2.75, 3.05) is 20.8 Å². The van der Waals surface area contributed by atoms with Gasteiger partial charge in [-0.25, -0.2) is 18.5 Å². The smallest absolute Gasteiger partial charge is 0.469 e. The van der Waals surface area contributed by atoms with Gasteiger partial charge < -0.3 is 29.1 Å². The fraction of sp³-hybridized carbons (Fsp3) is 0.615. The van der Waals surface area contributed by atoms with Crippen LogP contribution in [0.1, 0.15) is 11.8 Å². The van der Waals surface area contributed by atoms with E-state index in [0.29, 0.717) is 0 Å². The molecule has 6 atom stereocenters. The molecule has 18 nitrogen and oxygen atoms in total. The predicted octanol–water partition coefficient (Wildman–Crippen LogP) is -1.09. The molecule has 1 aromatic heterocycles. The lowest BCUT2D eigenvalue weighted by molar-refractivity contribution is -0.139. The molecule has 0 spiro atoms. The molecule has 2 aliphatic heterocycles. The van der Waals surface area contributed by atoms with Gasteiger partial charge in [0, 0.05) is 18.9 Å². The second-order valence-electron chi connectivity index (χ2n) is 6.75. The topological polar surface area (TPSA) is 248 Å². The van der Waals surface area contributed by atoms with E-state index in [-0.39, 0.29) is 5.56 Å². The Morgan fingerprint density at radius 3 is 2.32 bits per heavy atom. The highest BCUT2D eigenvalue weighted by Gasteiger charge is 2.55. The van der Waals surface area contributed by atoms with Gasteiger partial charge in [0.25, 0.3) is 5.56 Å². The number of methoxy groups -OCH3 is 2. The van der Waals surface area contributed by atoms with E-state index in [9.17, 15) is 43.0 Å². The molecule has 0 radical (unpaired) electrons. The highest BCUT2D eigenvalue weighted by molar-refractivity contribution is 7.74. The molecule has 6 unspecified atom stereocenters. The predicted molar refractivity (Wildman–Crippen MR) is 104 cm³/mol. The minimum Gasteiger partial charge on any atom is -0.469 e. The molecule has 0 bridgehead atoms. The van der Waals surface area contributed by atoms with Crippen molar-refractivity contribution in [3.63, 3.8) is 0 Å². The van der Waals surface area contributed by atoms with Crippen LogP contribution >= 0.6 is 23.5 Å². The van der Waals surface area contributed by atoms with Crippen molar-refractivity contribution in [3.05, 3.63) is 32.6 Å². The van der Waals surface area contributed by atoms with Crippen molar-refractivity contribution < 1.29 is 65.0 Å². The number of aliphatic hydroxyl groups excluding tert-OH is 1. The van der Waals surface area contributed by atoms with Gasteiger partial charge in [-0.15, -0.1) is 0 Å². The summed E-state index contributed by atoms with van der Waals surface area (Å²) < 4.78 is 68.0. The lowest BCUT2D eigenvalue weighted by Crippen LogP contribution is -2.40. The maximum atomic E-state index is 12.4. The van der Waals surface area contributed by atoms with Crippen LogP contribution in [-0.2, 0) is 56.6 Å². The lowest BCUT2D eigenvalue weighted by Gasteiger charge is -2.27. The molecule has 34 heavy (non-hydrogen) atoms. The zero-order valence-corrected chi connectivity index (χ0v) is 19.9. The molecule has 0 amide bonds. The van der Waals surface area contributed by atoms with Crippen LogP contribution in [0, 0.1) is 0 Å². The number of aliphatic hydroxyl groups is 1. The fourth-order valence-electron chi connectivity index (χ4n) is 3.04. The van der Waals surface area contributed by atoms with Gasteiger partial charge in [0.05, 0.1) is 20.1 Å². The summed E-state index contributed by atoms with van der Waals surface area (Å²) in [7, 11) is -13.5. The third kappa shape index (κ3) is 5.99. The summed E-state index contributed by atoms with van der Waals surface area (Å²) >= 11 is 0. The molecule has 3 rings (SSSR count). The van der Waals surface area contributed by atoms with Crippen molar-refractivity contribution in [3.8, 4) is 0 Å². The molecule has 0 saturated carbocycles. The van der Waals surface area contributed by atoms with E-state index < -0.39 is 78.3 Å². The van der Waals surface area contributed by atoms with Crippen molar-refractivity contribution in [1.29, 1.82) is 0 Å². The largest absolute Gasteiger partial charge is 0.492 e. The summed E-state index contributed by atoms with van der Waals surface area (Å²) in [4.78, 5) is 56.3. The molecule has 192 valence electrons. The molecule has 0 aliphatic carbocycles. The normalized spacial score (nSPS) is 38.0. The summed E-state index contributed by atoms with van der Waals surface area (Å²) in [6, 6.07) is 0. The van der Waals surface area contributed by atoms with Gasteiger partial charge >= 0.3 is 35.1 Å². The molecule has 4 N–H and O–H groups in total. The zero-order valence-electron chi connectivity index (χ0n) is 17.2. The van der Waals surface area contributed by atoms with E-state index in [1.54, 1.807) is 0 Å². The van der Waals surface area contributed by atoms with Gasteiger partial charge in [-0.05, 0) is 0 Å². The average Bonchev–Trinajstić information content (AvgIpc) is 3.00. The van der Waals surface area contributed by atoms with E-state index in [1.807, 2.05) is 4.98 Å². The van der Waals surface area contributed by atoms with Crippen molar-refractivity contribution in [2.45, 2.75) is 31.0 Å². The van der Waals surface area contributed by atoms with Gasteiger partial charge in [-0.1, -0.05) is 0 Å². The Bertz CT molecular complexity index is 1180. The van der Waals surface area contributed by atoms with E-state index in [0.717, 1.165) is 25.0 Å². The van der Waals surface area contributed by atoms with Gasteiger partial charge in [0.2, 0.25) is 0 Å². The Balaban J connectivity index is 1.83. The molecule has 2 aliphatic rings. The zero-order chi connectivity index (χ0) is 25.5. The number of H-pyrrole nitrogens is 1. The second-order valence-corrected chi connectivity index (χ2v) is 11.7.